The van der Waals surface area contributed by atoms with Gasteiger partial charge in [0.2, 0.25) is 0 Å². The van der Waals surface area contributed by atoms with Crippen molar-refractivity contribution in [3.05, 3.63) is 63.6 Å². The summed E-state index contributed by atoms with van der Waals surface area (Å²) in [5, 5.41) is 12.4. The van der Waals surface area contributed by atoms with E-state index in [0.29, 0.717) is 22.5 Å². The summed E-state index contributed by atoms with van der Waals surface area (Å²) in [7, 11) is 0. The zero-order valence-corrected chi connectivity index (χ0v) is 13.6. The number of benzene rings is 2. The number of halogens is 1. The van der Waals surface area contributed by atoms with E-state index in [9.17, 15) is 9.90 Å². The quantitative estimate of drug-likeness (QED) is 0.870. The van der Waals surface area contributed by atoms with Gasteiger partial charge in [-0.05, 0) is 51.2 Å². The molecule has 1 amide bonds. The first kappa shape index (κ1) is 15.6. The van der Waals surface area contributed by atoms with Crippen LogP contribution in [-0.4, -0.2) is 11.0 Å². The van der Waals surface area contributed by atoms with Crippen molar-refractivity contribution >= 4 is 21.8 Å². The first-order valence-corrected chi connectivity index (χ1v) is 7.62. The molecule has 110 valence electrons. The van der Waals surface area contributed by atoms with E-state index >= 15 is 0 Å². The van der Waals surface area contributed by atoms with Crippen molar-refractivity contribution in [1.29, 1.82) is 0 Å². The second-order valence-corrected chi connectivity index (χ2v) is 6.10. The zero-order chi connectivity index (χ0) is 15.4. The third-order valence-electron chi connectivity index (χ3n) is 3.31. The third-order valence-corrected chi connectivity index (χ3v) is 3.98. The average molecular weight is 348 g/mol. The lowest BCUT2D eigenvalue weighted by Gasteiger charge is -2.09. The zero-order valence-electron chi connectivity index (χ0n) is 12.1. The number of amides is 1. The molecule has 0 bridgehead atoms. The van der Waals surface area contributed by atoms with Crippen LogP contribution in [0.15, 0.2) is 46.9 Å². The van der Waals surface area contributed by atoms with Crippen molar-refractivity contribution in [2.24, 2.45) is 0 Å². The molecule has 0 fully saturated rings. The maximum Gasteiger partial charge on any atom is 0.251 e. The summed E-state index contributed by atoms with van der Waals surface area (Å²) < 4.78 is 0.573. The molecule has 2 rings (SSSR count). The predicted molar refractivity (Wildman–Crippen MR) is 87.5 cm³/mol. The molecular weight excluding hydrogens is 330 g/mol. The maximum absolute atomic E-state index is 12.0. The Morgan fingerprint density at radius 3 is 2.43 bits per heavy atom. The van der Waals surface area contributed by atoms with Crippen molar-refractivity contribution in [2.45, 2.75) is 26.3 Å². The number of hydrogen-bond donors (Lipinski definition) is 2. The van der Waals surface area contributed by atoms with E-state index in [1.807, 2.05) is 12.1 Å². The number of rotatable bonds is 4. The molecule has 0 aliphatic carbocycles. The van der Waals surface area contributed by atoms with Crippen LogP contribution < -0.4 is 5.32 Å². The van der Waals surface area contributed by atoms with Crippen LogP contribution in [0.25, 0.3) is 0 Å². The van der Waals surface area contributed by atoms with E-state index in [4.69, 9.17) is 0 Å². The molecule has 4 heteroatoms. The Balaban J connectivity index is 1.98. The summed E-state index contributed by atoms with van der Waals surface area (Å²) in [6.45, 7) is 4.77. The average Bonchev–Trinajstić information content (AvgIpc) is 2.48. The monoisotopic (exact) mass is 347 g/mol. The summed E-state index contributed by atoms with van der Waals surface area (Å²) in [5.74, 6) is 0.356. The van der Waals surface area contributed by atoms with Gasteiger partial charge in [0.05, 0.1) is 4.47 Å². The molecule has 2 aromatic rings. The molecule has 0 aromatic heterocycles. The molecule has 0 heterocycles. The predicted octanol–water partition coefficient (Wildman–Crippen LogP) is 4.21. The highest BCUT2D eigenvalue weighted by Crippen LogP contribution is 2.24. The van der Waals surface area contributed by atoms with Crippen LogP contribution in [0.4, 0.5) is 0 Å². The van der Waals surface area contributed by atoms with E-state index in [0.717, 1.165) is 5.56 Å². The van der Waals surface area contributed by atoms with Crippen LogP contribution in [-0.2, 0) is 6.54 Å². The van der Waals surface area contributed by atoms with Gasteiger partial charge in [-0.15, -0.1) is 0 Å². The van der Waals surface area contributed by atoms with E-state index in [2.05, 4.69) is 47.2 Å². The van der Waals surface area contributed by atoms with Crippen molar-refractivity contribution in [3.8, 4) is 5.75 Å². The highest BCUT2D eigenvalue weighted by atomic mass is 79.9. The number of carbonyl (C=O) groups excluding carboxylic acids is 1. The summed E-state index contributed by atoms with van der Waals surface area (Å²) in [5.41, 5.74) is 2.77. The van der Waals surface area contributed by atoms with E-state index in [1.54, 1.807) is 12.1 Å². The first-order valence-electron chi connectivity index (χ1n) is 6.83. The van der Waals surface area contributed by atoms with Gasteiger partial charge in [0.15, 0.2) is 0 Å². The summed E-state index contributed by atoms with van der Waals surface area (Å²) in [4.78, 5) is 12.0. The van der Waals surface area contributed by atoms with Crippen molar-refractivity contribution < 1.29 is 9.90 Å². The van der Waals surface area contributed by atoms with E-state index in [1.165, 1.54) is 11.6 Å². The number of aromatic hydroxyl groups is 1. The minimum atomic E-state index is -0.203. The Labute approximate surface area is 133 Å². The number of carbonyl (C=O) groups is 1. The largest absolute Gasteiger partial charge is 0.507 e. The van der Waals surface area contributed by atoms with Gasteiger partial charge >= 0.3 is 0 Å². The molecule has 0 saturated heterocycles. The second kappa shape index (κ2) is 6.76. The van der Waals surface area contributed by atoms with Gasteiger partial charge < -0.3 is 10.4 Å². The number of hydrogen-bond acceptors (Lipinski definition) is 2. The minimum Gasteiger partial charge on any atom is -0.507 e. The summed E-state index contributed by atoms with van der Waals surface area (Å²) in [6, 6.07) is 13.0. The van der Waals surface area contributed by atoms with Crippen LogP contribution in [0.5, 0.6) is 5.75 Å². The SMILES string of the molecule is CC(C)c1ccc(CNC(=O)c2ccc(Br)c(O)c2)cc1. The Kier molecular flexibility index (Phi) is 5.02. The fourth-order valence-electron chi connectivity index (χ4n) is 1.96. The van der Waals surface area contributed by atoms with Crippen molar-refractivity contribution in [2.75, 3.05) is 0 Å². The lowest BCUT2D eigenvalue weighted by Crippen LogP contribution is -2.22. The lowest BCUT2D eigenvalue weighted by atomic mass is 10.0. The van der Waals surface area contributed by atoms with Crippen molar-refractivity contribution in [1.82, 2.24) is 5.32 Å². The molecule has 0 atom stereocenters. The van der Waals surface area contributed by atoms with Gasteiger partial charge in [0.1, 0.15) is 5.75 Å². The van der Waals surface area contributed by atoms with Gasteiger partial charge in [-0.2, -0.15) is 0 Å². The van der Waals surface area contributed by atoms with Crippen LogP contribution in [0, 0.1) is 0 Å². The third kappa shape index (κ3) is 4.08. The van der Waals surface area contributed by atoms with E-state index in [-0.39, 0.29) is 11.7 Å². The topological polar surface area (TPSA) is 49.3 Å². The Morgan fingerprint density at radius 1 is 1.19 bits per heavy atom. The van der Waals surface area contributed by atoms with Gasteiger partial charge in [-0.1, -0.05) is 38.1 Å². The standard InChI is InChI=1S/C17H18BrNO2/c1-11(2)13-5-3-12(4-6-13)10-19-17(21)14-7-8-15(18)16(20)9-14/h3-9,11,20H,10H2,1-2H3,(H,19,21). The Morgan fingerprint density at radius 2 is 1.86 bits per heavy atom. The van der Waals surface area contributed by atoms with Crippen LogP contribution in [0.3, 0.4) is 0 Å². The molecule has 0 radical (unpaired) electrons. The molecule has 21 heavy (non-hydrogen) atoms. The maximum atomic E-state index is 12.0. The van der Waals surface area contributed by atoms with Crippen LogP contribution in [0.2, 0.25) is 0 Å². The number of phenolic OH excluding ortho intramolecular Hbond substituents is 1. The normalized spacial score (nSPS) is 10.7. The molecule has 2 aromatic carbocycles. The fraction of sp³-hybridized carbons (Fsp3) is 0.235. The molecule has 0 aliphatic heterocycles. The lowest BCUT2D eigenvalue weighted by molar-refractivity contribution is 0.0950. The molecule has 2 N–H and O–H groups in total. The molecule has 0 unspecified atom stereocenters. The van der Waals surface area contributed by atoms with Gasteiger partial charge in [0, 0.05) is 12.1 Å². The molecular formula is C17H18BrNO2. The number of phenols is 1. The smallest absolute Gasteiger partial charge is 0.251 e. The van der Waals surface area contributed by atoms with Crippen LogP contribution >= 0.6 is 15.9 Å². The highest BCUT2D eigenvalue weighted by Gasteiger charge is 2.08. The second-order valence-electron chi connectivity index (χ2n) is 5.25. The van der Waals surface area contributed by atoms with Gasteiger partial charge in [-0.25, -0.2) is 0 Å². The molecule has 0 saturated carbocycles. The van der Waals surface area contributed by atoms with Crippen LogP contribution in [0.1, 0.15) is 41.3 Å². The van der Waals surface area contributed by atoms with Gasteiger partial charge in [0.25, 0.3) is 5.91 Å². The molecule has 0 aliphatic rings. The fourth-order valence-corrected chi connectivity index (χ4v) is 2.21. The Bertz CT molecular complexity index is 636. The summed E-state index contributed by atoms with van der Waals surface area (Å²) >= 11 is 3.19. The highest BCUT2D eigenvalue weighted by molar-refractivity contribution is 9.10. The van der Waals surface area contributed by atoms with E-state index < -0.39 is 0 Å². The first-order chi connectivity index (χ1) is 9.97. The minimum absolute atomic E-state index is 0.0592. The summed E-state index contributed by atoms with van der Waals surface area (Å²) in [6.07, 6.45) is 0. The number of nitrogens with one attached hydrogen (secondary N) is 1. The molecule has 0 spiro atoms. The Hall–Kier alpha value is -1.81. The van der Waals surface area contributed by atoms with Crippen molar-refractivity contribution in [3.63, 3.8) is 0 Å². The molecule has 3 nitrogen and oxygen atoms in total. The van der Waals surface area contributed by atoms with Gasteiger partial charge in [-0.3, -0.25) is 4.79 Å².